The van der Waals surface area contributed by atoms with Crippen molar-refractivity contribution in [1.29, 1.82) is 0 Å². The van der Waals surface area contributed by atoms with E-state index in [1.54, 1.807) is 13.8 Å². The standard InChI is InChI=1S/C22H26FN3O4/c1-14(2)19(26-22(29)30-13-16-6-4-3-5-7-16)21(28)25-18(20(24)27)12-15-8-10-17(23)11-9-15/h3-11,14,18-19H,12-13H2,1-2H3,(H2,24,27)(H,25,28)(H,26,29)/t18-,19+/m0/s1. The summed E-state index contributed by atoms with van der Waals surface area (Å²) in [6, 6.07) is 12.7. The van der Waals surface area contributed by atoms with Crippen LogP contribution in [-0.4, -0.2) is 30.0 Å². The lowest BCUT2D eigenvalue weighted by molar-refractivity contribution is -0.129. The zero-order chi connectivity index (χ0) is 22.1. The quantitative estimate of drug-likeness (QED) is 0.584. The molecule has 0 unspecified atom stereocenters. The van der Waals surface area contributed by atoms with Gasteiger partial charge in [-0.2, -0.15) is 0 Å². The van der Waals surface area contributed by atoms with Crippen LogP contribution in [0.4, 0.5) is 9.18 Å². The van der Waals surface area contributed by atoms with Crippen LogP contribution in [0.25, 0.3) is 0 Å². The van der Waals surface area contributed by atoms with Crippen LogP contribution in [0.1, 0.15) is 25.0 Å². The molecule has 8 heteroatoms. The Morgan fingerprint density at radius 1 is 0.967 bits per heavy atom. The summed E-state index contributed by atoms with van der Waals surface area (Å²) in [5.41, 5.74) is 6.86. The Balaban J connectivity index is 1.97. The fraction of sp³-hybridized carbons (Fsp3) is 0.318. The number of hydrogen-bond acceptors (Lipinski definition) is 4. The van der Waals surface area contributed by atoms with Crippen molar-refractivity contribution >= 4 is 17.9 Å². The van der Waals surface area contributed by atoms with Crippen molar-refractivity contribution in [3.8, 4) is 0 Å². The summed E-state index contributed by atoms with van der Waals surface area (Å²) in [7, 11) is 0. The fourth-order valence-electron chi connectivity index (χ4n) is 2.77. The number of halogens is 1. The maximum Gasteiger partial charge on any atom is 0.408 e. The average Bonchev–Trinajstić information content (AvgIpc) is 2.71. The molecule has 4 N–H and O–H groups in total. The maximum atomic E-state index is 13.1. The normalized spacial score (nSPS) is 12.7. The van der Waals surface area contributed by atoms with Crippen LogP contribution in [0.15, 0.2) is 54.6 Å². The van der Waals surface area contributed by atoms with Gasteiger partial charge in [-0.15, -0.1) is 0 Å². The van der Waals surface area contributed by atoms with Crippen LogP contribution in [-0.2, 0) is 27.4 Å². The summed E-state index contributed by atoms with van der Waals surface area (Å²) in [4.78, 5) is 36.6. The van der Waals surface area contributed by atoms with E-state index in [9.17, 15) is 18.8 Å². The lowest BCUT2D eigenvalue weighted by Crippen LogP contribution is -2.55. The number of carbonyl (C=O) groups is 3. The molecule has 0 saturated carbocycles. The third-order valence-electron chi connectivity index (χ3n) is 4.45. The van der Waals surface area contributed by atoms with Crippen LogP contribution in [0.2, 0.25) is 0 Å². The lowest BCUT2D eigenvalue weighted by atomic mass is 10.0. The molecule has 2 aromatic rings. The zero-order valence-corrected chi connectivity index (χ0v) is 16.9. The van der Waals surface area contributed by atoms with Crippen molar-refractivity contribution < 1.29 is 23.5 Å². The molecule has 0 aromatic heterocycles. The Kier molecular flexibility index (Phi) is 8.34. The van der Waals surface area contributed by atoms with E-state index in [1.807, 2.05) is 30.3 Å². The number of rotatable bonds is 9. The first kappa shape index (κ1) is 22.9. The first-order valence-corrected chi connectivity index (χ1v) is 9.57. The molecule has 0 fully saturated rings. The molecule has 30 heavy (non-hydrogen) atoms. The van der Waals surface area contributed by atoms with Gasteiger partial charge in [0.15, 0.2) is 0 Å². The molecule has 0 aliphatic heterocycles. The second kappa shape index (κ2) is 10.9. The molecule has 2 rings (SSSR count). The number of ether oxygens (including phenoxy) is 1. The van der Waals surface area contributed by atoms with Crippen molar-refractivity contribution in [2.24, 2.45) is 11.7 Å². The van der Waals surface area contributed by atoms with Crippen LogP contribution in [0.3, 0.4) is 0 Å². The maximum absolute atomic E-state index is 13.1. The van der Waals surface area contributed by atoms with Gasteiger partial charge in [0.05, 0.1) is 0 Å². The Morgan fingerprint density at radius 3 is 2.17 bits per heavy atom. The molecule has 0 heterocycles. The minimum atomic E-state index is -1.01. The topological polar surface area (TPSA) is 111 Å². The third kappa shape index (κ3) is 7.20. The van der Waals surface area contributed by atoms with Crippen molar-refractivity contribution in [3.63, 3.8) is 0 Å². The molecule has 0 spiro atoms. The molecule has 0 saturated heterocycles. The van der Waals surface area contributed by atoms with E-state index >= 15 is 0 Å². The van der Waals surface area contributed by atoms with Gasteiger partial charge in [0.2, 0.25) is 11.8 Å². The number of primary amides is 1. The van der Waals surface area contributed by atoms with Crippen molar-refractivity contribution in [1.82, 2.24) is 10.6 Å². The van der Waals surface area contributed by atoms with Gasteiger partial charge in [-0.05, 0) is 29.2 Å². The van der Waals surface area contributed by atoms with Gasteiger partial charge in [-0.25, -0.2) is 9.18 Å². The number of amides is 3. The summed E-state index contributed by atoms with van der Waals surface area (Å²) in [6.07, 6.45) is -0.646. The van der Waals surface area contributed by atoms with E-state index in [-0.39, 0.29) is 18.9 Å². The van der Waals surface area contributed by atoms with Crippen LogP contribution < -0.4 is 16.4 Å². The molecule has 3 amide bonds. The van der Waals surface area contributed by atoms with Gasteiger partial charge in [0.25, 0.3) is 0 Å². The first-order valence-electron chi connectivity index (χ1n) is 9.57. The Labute approximate surface area is 174 Å². The molecular formula is C22H26FN3O4. The number of alkyl carbamates (subject to hydrolysis) is 1. The van der Waals surface area contributed by atoms with E-state index in [1.165, 1.54) is 24.3 Å². The second-order valence-electron chi connectivity index (χ2n) is 7.22. The Morgan fingerprint density at radius 2 is 1.60 bits per heavy atom. The highest BCUT2D eigenvalue weighted by Gasteiger charge is 2.28. The molecule has 2 aromatic carbocycles. The highest BCUT2D eigenvalue weighted by atomic mass is 19.1. The minimum absolute atomic E-state index is 0.0631. The number of nitrogens with one attached hydrogen (secondary N) is 2. The van der Waals surface area contributed by atoms with E-state index < -0.39 is 35.8 Å². The summed E-state index contributed by atoms with van der Waals surface area (Å²) in [6.45, 7) is 3.57. The molecule has 160 valence electrons. The SMILES string of the molecule is CC(C)[C@@H](NC(=O)OCc1ccccc1)C(=O)N[C@@H](Cc1ccc(F)cc1)C(N)=O. The largest absolute Gasteiger partial charge is 0.445 e. The van der Waals surface area contributed by atoms with Gasteiger partial charge in [-0.1, -0.05) is 56.3 Å². The van der Waals surface area contributed by atoms with E-state index in [0.717, 1.165) is 5.56 Å². The molecule has 0 radical (unpaired) electrons. The molecule has 2 atom stereocenters. The first-order chi connectivity index (χ1) is 14.3. The van der Waals surface area contributed by atoms with Crippen LogP contribution >= 0.6 is 0 Å². The number of benzene rings is 2. The number of hydrogen-bond donors (Lipinski definition) is 3. The number of nitrogens with two attached hydrogens (primary N) is 1. The Bertz CT molecular complexity index is 856. The van der Waals surface area contributed by atoms with Crippen molar-refractivity contribution in [3.05, 3.63) is 71.5 Å². The van der Waals surface area contributed by atoms with E-state index in [2.05, 4.69) is 10.6 Å². The monoisotopic (exact) mass is 415 g/mol. The molecule has 0 bridgehead atoms. The van der Waals surface area contributed by atoms with Gasteiger partial charge in [0.1, 0.15) is 24.5 Å². The third-order valence-corrected chi connectivity index (χ3v) is 4.45. The second-order valence-corrected chi connectivity index (χ2v) is 7.22. The lowest BCUT2D eigenvalue weighted by Gasteiger charge is -2.24. The highest BCUT2D eigenvalue weighted by Crippen LogP contribution is 2.08. The molecule has 0 aliphatic carbocycles. The van der Waals surface area contributed by atoms with Gasteiger partial charge >= 0.3 is 6.09 Å². The zero-order valence-electron chi connectivity index (χ0n) is 16.9. The van der Waals surface area contributed by atoms with Crippen LogP contribution in [0.5, 0.6) is 0 Å². The van der Waals surface area contributed by atoms with Crippen LogP contribution in [0, 0.1) is 11.7 Å². The minimum Gasteiger partial charge on any atom is -0.445 e. The molecule has 0 aliphatic rings. The predicted molar refractivity (Wildman–Crippen MR) is 110 cm³/mol. The summed E-state index contributed by atoms with van der Waals surface area (Å²) < 4.78 is 18.2. The van der Waals surface area contributed by atoms with E-state index in [0.29, 0.717) is 5.56 Å². The van der Waals surface area contributed by atoms with Gasteiger partial charge < -0.3 is 21.1 Å². The highest BCUT2D eigenvalue weighted by molar-refractivity contribution is 5.91. The predicted octanol–water partition coefficient (Wildman–Crippen LogP) is 2.29. The summed E-state index contributed by atoms with van der Waals surface area (Å²) >= 11 is 0. The summed E-state index contributed by atoms with van der Waals surface area (Å²) in [5.74, 6) is -1.97. The fourth-order valence-corrected chi connectivity index (χ4v) is 2.77. The summed E-state index contributed by atoms with van der Waals surface area (Å²) in [5, 5.41) is 5.09. The number of carbonyl (C=O) groups excluding carboxylic acids is 3. The molecular weight excluding hydrogens is 389 g/mol. The van der Waals surface area contributed by atoms with Crippen molar-refractivity contribution in [2.75, 3.05) is 0 Å². The van der Waals surface area contributed by atoms with E-state index in [4.69, 9.17) is 10.5 Å². The smallest absolute Gasteiger partial charge is 0.408 e. The Hall–Kier alpha value is -3.42. The van der Waals surface area contributed by atoms with Crippen molar-refractivity contribution in [2.45, 2.75) is 39.0 Å². The average molecular weight is 415 g/mol. The van der Waals surface area contributed by atoms with Gasteiger partial charge in [0, 0.05) is 6.42 Å². The van der Waals surface area contributed by atoms with Gasteiger partial charge in [-0.3, -0.25) is 9.59 Å². The molecule has 7 nitrogen and oxygen atoms in total.